The number of rotatable bonds is 8. The molecule has 1 atom stereocenters. The van der Waals surface area contributed by atoms with Crippen molar-refractivity contribution in [1.82, 2.24) is 14.5 Å². The van der Waals surface area contributed by atoms with Gasteiger partial charge in [0.05, 0.1) is 0 Å². The largest absolute Gasteiger partial charge is 0.312 e. The number of aromatic nitrogens is 3. The molecule has 2 heterocycles. The van der Waals surface area contributed by atoms with Gasteiger partial charge in [-0.2, -0.15) is 0 Å². The van der Waals surface area contributed by atoms with Gasteiger partial charge in [0.15, 0.2) is 5.65 Å². The van der Waals surface area contributed by atoms with Gasteiger partial charge >= 0.3 is 0 Å². The fourth-order valence-electron chi connectivity index (χ4n) is 2.68. The summed E-state index contributed by atoms with van der Waals surface area (Å²) in [7, 11) is 0. The van der Waals surface area contributed by atoms with Crippen LogP contribution >= 0.6 is 27.5 Å². The highest BCUT2D eigenvalue weighted by Gasteiger charge is 2.15. The Labute approximate surface area is 140 Å². The van der Waals surface area contributed by atoms with Crippen LogP contribution in [0.15, 0.2) is 16.7 Å². The molecule has 0 saturated carbocycles. The lowest BCUT2D eigenvalue weighted by atomic mass is 9.99. The number of hydrogen-bond acceptors (Lipinski definition) is 2. The molecule has 116 valence electrons. The van der Waals surface area contributed by atoms with Gasteiger partial charge in [0.1, 0.15) is 11.3 Å². The maximum Gasteiger partial charge on any atom is 0.160 e. The standard InChI is InChI=1S/C16H23BrClN3/c1-3-5-6-12(4-2)11-21-15(7-8-18)20-14-9-13(17)10-19-16(14)21/h9-10,12H,3-8,11H2,1-2H3. The molecule has 2 aromatic heterocycles. The first-order valence-corrected chi connectivity index (χ1v) is 9.08. The molecule has 2 aromatic rings. The Morgan fingerprint density at radius 3 is 2.86 bits per heavy atom. The van der Waals surface area contributed by atoms with Crippen LogP contribution in [0.5, 0.6) is 0 Å². The van der Waals surface area contributed by atoms with Gasteiger partial charge < -0.3 is 4.57 Å². The Balaban J connectivity index is 2.32. The number of alkyl halides is 1. The van der Waals surface area contributed by atoms with Crippen LogP contribution in [0.2, 0.25) is 0 Å². The van der Waals surface area contributed by atoms with E-state index >= 15 is 0 Å². The second-order valence-electron chi connectivity index (χ2n) is 5.49. The van der Waals surface area contributed by atoms with Crippen LogP contribution in [0.25, 0.3) is 11.2 Å². The molecule has 3 nitrogen and oxygen atoms in total. The second kappa shape index (κ2) is 8.14. The van der Waals surface area contributed by atoms with Crippen LogP contribution in [0, 0.1) is 5.92 Å². The first-order chi connectivity index (χ1) is 10.2. The summed E-state index contributed by atoms with van der Waals surface area (Å²) in [6, 6.07) is 2.03. The third-order valence-electron chi connectivity index (χ3n) is 3.93. The van der Waals surface area contributed by atoms with Crippen molar-refractivity contribution in [3.8, 4) is 0 Å². The molecule has 21 heavy (non-hydrogen) atoms. The van der Waals surface area contributed by atoms with Crippen LogP contribution in [0.1, 0.15) is 45.4 Å². The summed E-state index contributed by atoms with van der Waals surface area (Å²) < 4.78 is 3.24. The van der Waals surface area contributed by atoms with Crippen molar-refractivity contribution < 1.29 is 0 Å². The highest BCUT2D eigenvalue weighted by atomic mass is 79.9. The molecule has 0 radical (unpaired) electrons. The Kier molecular flexibility index (Phi) is 6.49. The summed E-state index contributed by atoms with van der Waals surface area (Å²) in [5.74, 6) is 2.33. The van der Waals surface area contributed by atoms with Crippen molar-refractivity contribution in [2.45, 2.75) is 52.5 Å². The number of nitrogens with zero attached hydrogens (tertiary/aromatic N) is 3. The average molecular weight is 373 g/mol. The van der Waals surface area contributed by atoms with Gasteiger partial charge in [-0.15, -0.1) is 11.6 Å². The number of fused-ring (bicyclic) bond motifs is 1. The molecule has 2 rings (SSSR count). The normalized spacial score (nSPS) is 13.0. The van der Waals surface area contributed by atoms with Crippen LogP contribution in [0.3, 0.4) is 0 Å². The molecule has 5 heteroatoms. The van der Waals surface area contributed by atoms with Gasteiger partial charge in [-0.3, -0.25) is 0 Å². The fraction of sp³-hybridized carbons (Fsp3) is 0.625. The van der Waals surface area contributed by atoms with Crippen LogP contribution in [-0.2, 0) is 13.0 Å². The summed E-state index contributed by atoms with van der Waals surface area (Å²) in [6.07, 6.45) is 7.63. The van der Waals surface area contributed by atoms with E-state index in [9.17, 15) is 0 Å². The molecule has 0 N–H and O–H groups in total. The SMILES string of the molecule is CCCCC(CC)Cn1c(CCCl)nc2cc(Br)cnc21. The fourth-order valence-corrected chi connectivity index (χ4v) is 3.16. The van der Waals surface area contributed by atoms with Gasteiger partial charge in [0.2, 0.25) is 0 Å². The molecule has 0 spiro atoms. The van der Waals surface area contributed by atoms with Crippen molar-refractivity contribution in [1.29, 1.82) is 0 Å². The molecule has 0 aromatic carbocycles. The van der Waals surface area contributed by atoms with E-state index in [0.717, 1.165) is 34.4 Å². The first-order valence-electron chi connectivity index (χ1n) is 7.76. The smallest absolute Gasteiger partial charge is 0.160 e. The predicted molar refractivity (Wildman–Crippen MR) is 93.0 cm³/mol. The molecular weight excluding hydrogens is 350 g/mol. The zero-order valence-corrected chi connectivity index (χ0v) is 15.1. The van der Waals surface area contributed by atoms with Crippen molar-refractivity contribution in [2.75, 3.05) is 5.88 Å². The van der Waals surface area contributed by atoms with Gasteiger partial charge in [-0.05, 0) is 34.3 Å². The summed E-state index contributed by atoms with van der Waals surface area (Å²) in [6.45, 7) is 5.51. The number of pyridine rings is 1. The van der Waals surface area contributed by atoms with Gasteiger partial charge in [0, 0.05) is 29.5 Å². The molecule has 0 aliphatic carbocycles. The van der Waals surface area contributed by atoms with Crippen LogP contribution in [-0.4, -0.2) is 20.4 Å². The van der Waals surface area contributed by atoms with E-state index in [4.69, 9.17) is 16.6 Å². The molecule has 0 fully saturated rings. The Morgan fingerprint density at radius 1 is 1.38 bits per heavy atom. The molecule has 0 amide bonds. The topological polar surface area (TPSA) is 30.7 Å². The van der Waals surface area contributed by atoms with Gasteiger partial charge in [-0.25, -0.2) is 9.97 Å². The third-order valence-corrected chi connectivity index (χ3v) is 4.56. The van der Waals surface area contributed by atoms with Crippen LogP contribution in [0.4, 0.5) is 0 Å². The zero-order valence-electron chi connectivity index (χ0n) is 12.8. The lowest BCUT2D eigenvalue weighted by Gasteiger charge is -2.17. The summed E-state index contributed by atoms with van der Waals surface area (Å²) >= 11 is 9.40. The quantitative estimate of drug-likeness (QED) is 0.597. The Morgan fingerprint density at radius 2 is 2.19 bits per heavy atom. The molecule has 0 aliphatic heterocycles. The summed E-state index contributed by atoms with van der Waals surface area (Å²) in [4.78, 5) is 9.28. The minimum atomic E-state index is 0.593. The summed E-state index contributed by atoms with van der Waals surface area (Å²) in [5, 5.41) is 0. The monoisotopic (exact) mass is 371 g/mol. The van der Waals surface area contributed by atoms with E-state index in [1.54, 1.807) is 0 Å². The number of hydrogen-bond donors (Lipinski definition) is 0. The number of imidazole rings is 1. The van der Waals surface area contributed by atoms with Crippen LogP contribution < -0.4 is 0 Å². The molecule has 0 bridgehead atoms. The Bertz CT molecular complexity index is 582. The predicted octanol–water partition coefficient (Wildman–Crippen LogP) is 5.19. The van der Waals surface area contributed by atoms with E-state index in [2.05, 4.69) is 39.3 Å². The zero-order chi connectivity index (χ0) is 15.2. The lowest BCUT2D eigenvalue weighted by molar-refractivity contribution is 0.389. The maximum atomic E-state index is 5.94. The summed E-state index contributed by atoms with van der Waals surface area (Å²) in [5.41, 5.74) is 1.93. The van der Waals surface area contributed by atoms with Crippen molar-refractivity contribution in [3.63, 3.8) is 0 Å². The van der Waals surface area contributed by atoms with Crippen molar-refractivity contribution in [3.05, 3.63) is 22.6 Å². The number of halogens is 2. The van der Waals surface area contributed by atoms with E-state index in [0.29, 0.717) is 11.8 Å². The molecular formula is C16H23BrClN3. The van der Waals surface area contributed by atoms with E-state index in [1.165, 1.54) is 25.7 Å². The minimum Gasteiger partial charge on any atom is -0.312 e. The first kappa shape index (κ1) is 16.8. The maximum absolute atomic E-state index is 5.94. The molecule has 0 saturated heterocycles. The van der Waals surface area contributed by atoms with E-state index in [-0.39, 0.29) is 0 Å². The lowest BCUT2D eigenvalue weighted by Crippen LogP contribution is -2.13. The molecule has 1 unspecified atom stereocenters. The third kappa shape index (κ3) is 4.19. The van der Waals surface area contributed by atoms with Crippen molar-refractivity contribution in [2.24, 2.45) is 5.92 Å². The number of unbranched alkanes of at least 4 members (excludes halogenated alkanes) is 1. The van der Waals surface area contributed by atoms with E-state index in [1.807, 2.05) is 12.3 Å². The van der Waals surface area contributed by atoms with Gasteiger partial charge in [-0.1, -0.05) is 33.1 Å². The van der Waals surface area contributed by atoms with E-state index < -0.39 is 0 Å². The highest BCUT2D eigenvalue weighted by Crippen LogP contribution is 2.23. The molecule has 0 aliphatic rings. The highest BCUT2D eigenvalue weighted by molar-refractivity contribution is 9.10. The Hall–Kier alpha value is -0.610. The van der Waals surface area contributed by atoms with Crippen molar-refractivity contribution >= 4 is 38.7 Å². The van der Waals surface area contributed by atoms with Gasteiger partial charge in [0.25, 0.3) is 0 Å². The average Bonchev–Trinajstić information content (AvgIpc) is 2.80. The second-order valence-corrected chi connectivity index (χ2v) is 6.78. The minimum absolute atomic E-state index is 0.593. The number of aryl methyl sites for hydroxylation is 1.